The van der Waals surface area contributed by atoms with E-state index < -0.39 is 96.2 Å². The minimum absolute atomic E-state index is 0.0104. The van der Waals surface area contributed by atoms with E-state index in [1.807, 2.05) is 13.0 Å². The summed E-state index contributed by atoms with van der Waals surface area (Å²) in [6, 6.07) is 0. The zero-order valence-electron chi connectivity index (χ0n) is 33.2. The molecule has 4 saturated carbocycles. The summed E-state index contributed by atoms with van der Waals surface area (Å²) in [5, 5.41) is 72.9. The number of carbonyl (C=O) groups excluding carboxylic acids is 1. The van der Waals surface area contributed by atoms with Crippen LogP contribution in [-0.2, 0) is 33.3 Å². The lowest BCUT2D eigenvalue weighted by atomic mass is 9.33. The second kappa shape index (κ2) is 13.3. The number of carboxylic acids is 2. The van der Waals surface area contributed by atoms with Crippen molar-refractivity contribution in [2.24, 2.45) is 50.2 Å². The molecule has 0 aromatic rings. The van der Waals surface area contributed by atoms with Crippen LogP contribution in [0.3, 0.4) is 0 Å². The normalized spacial score (nSPS) is 53.3. The van der Waals surface area contributed by atoms with Gasteiger partial charge in [0.15, 0.2) is 24.5 Å². The highest BCUT2D eigenvalue weighted by Crippen LogP contribution is 2.75. The van der Waals surface area contributed by atoms with Crippen molar-refractivity contribution in [2.75, 3.05) is 13.2 Å². The molecule has 0 unspecified atom stereocenters. The standard InChI is InChI=1S/C41H62O14/c1-35(2)23-8-11-40(7)29(22(43)16-20-21-17-37(4,34(49)50)13-12-36(21,3)14-15-39(20,40)6)38(23,5)10-9-24(35)53-32-28(26(45)25(44)27(54-32)31(47)48)55-33-30(46)41(51,18-42)19-52-33/h16,21,23-30,32-33,42,44-46,51H,8-15,17-19H2,1-7H3,(H,47,48)(H,49,50)/t21-,23-,24-,25-,26-,27-,28+,29+,30-,32-,33-,36+,37-,38-,39+,40+,41+/m0/s1. The number of aliphatic hydroxyl groups excluding tert-OH is 4. The fourth-order valence-electron chi connectivity index (χ4n) is 13.1. The van der Waals surface area contributed by atoms with Crippen molar-refractivity contribution in [2.45, 2.75) is 161 Å². The average Bonchev–Trinajstić information content (AvgIpc) is 3.39. The van der Waals surface area contributed by atoms with Gasteiger partial charge in [0.05, 0.1) is 24.7 Å². The third-order valence-corrected chi connectivity index (χ3v) is 17.0. The fourth-order valence-corrected chi connectivity index (χ4v) is 13.1. The number of aliphatic hydroxyl groups is 5. The van der Waals surface area contributed by atoms with Crippen LogP contribution in [-0.4, -0.2) is 121 Å². The molecule has 14 nitrogen and oxygen atoms in total. The first-order valence-corrected chi connectivity index (χ1v) is 20.1. The molecular weight excluding hydrogens is 716 g/mol. The van der Waals surface area contributed by atoms with E-state index in [2.05, 4.69) is 41.5 Å². The van der Waals surface area contributed by atoms with Gasteiger partial charge in [0.25, 0.3) is 0 Å². The molecule has 55 heavy (non-hydrogen) atoms. The van der Waals surface area contributed by atoms with Crippen molar-refractivity contribution < 1.29 is 69.1 Å². The maximum atomic E-state index is 14.8. The SMILES string of the molecule is CC1(C)[C@@H](O[C@H]2O[C@H](C(=O)O)[C@@H](O)[C@H](O)[C@H]2O[C@@H]2OC[C@](O)(CO)[C@H]2O)CC[C@]2(C)[C@H]3C(=O)C=C4[C@@H]5C[C@@](C)(C(=O)O)CC[C@]5(C)CC[C@@]4(C)[C@]3(C)CC[C@@H]12. The molecule has 0 aromatic heterocycles. The Morgan fingerprint density at radius 3 is 2.16 bits per heavy atom. The first-order chi connectivity index (χ1) is 25.4. The van der Waals surface area contributed by atoms with E-state index in [9.17, 15) is 50.1 Å². The Kier molecular flexibility index (Phi) is 9.92. The van der Waals surface area contributed by atoms with E-state index in [4.69, 9.17) is 18.9 Å². The van der Waals surface area contributed by atoms with Gasteiger partial charge in [-0.3, -0.25) is 9.59 Å². The molecule has 2 heterocycles. The van der Waals surface area contributed by atoms with Gasteiger partial charge < -0.3 is 54.7 Å². The number of carboxylic acid groups (broad SMARTS) is 2. The molecule has 0 spiro atoms. The van der Waals surface area contributed by atoms with Crippen LogP contribution >= 0.6 is 0 Å². The van der Waals surface area contributed by atoms with Gasteiger partial charge in [-0.25, -0.2) is 4.79 Å². The molecule has 17 atom stereocenters. The fraction of sp³-hybridized carbons (Fsp3) is 0.878. The van der Waals surface area contributed by atoms with Crippen LogP contribution in [0.25, 0.3) is 0 Å². The Hall–Kier alpha value is -2.01. The zero-order valence-corrected chi connectivity index (χ0v) is 33.2. The number of aliphatic carboxylic acids is 2. The van der Waals surface area contributed by atoms with Crippen molar-refractivity contribution in [3.05, 3.63) is 11.6 Å². The molecule has 6 fully saturated rings. The molecule has 0 bridgehead atoms. The summed E-state index contributed by atoms with van der Waals surface area (Å²) in [5.74, 6) is -2.50. The summed E-state index contributed by atoms with van der Waals surface area (Å²) in [5.41, 5.74) is -3.52. The summed E-state index contributed by atoms with van der Waals surface area (Å²) in [6.07, 6.45) is -4.15. The molecule has 2 saturated heterocycles. The van der Waals surface area contributed by atoms with Crippen LogP contribution < -0.4 is 0 Å². The van der Waals surface area contributed by atoms with Crippen molar-refractivity contribution in [3.8, 4) is 0 Å². The van der Waals surface area contributed by atoms with Gasteiger partial charge >= 0.3 is 11.9 Å². The summed E-state index contributed by atoms with van der Waals surface area (Å²) in [6.45, 7) is 13.8. The van der Waals surface area contributed by atoms with Gasteiger partial charge in [0, 0.05) is 5.92 Å². The van der Waals surface area contributed by atoms with Gasteiger partial charge in [0.1, 0.15) is 30.0 Å². The number of fused-ring (bicyclic) bond motifs is 7. The number of hydrogen-bond donors (Lipinski definition) is 7. The largest absolute Gasteiger partial charge is 0.481 e. The summed E-state index contributed by atoms with van der Waals surface area (Å²) >= 11 is 0. The second-order valence-corrected chi connectivity index (χ2v) is 20.3. The predicted molar refractivity (Wildman–Crippen MR) is 193 cm³/mol. The van der Waals surface area contributed by atoms with E-state index in [1.54, 1.807) is 0 Å². The van der Waals surface area contributed by atoms with Gasteiger partial charge in [-0.1, -0.05) is 47.1 Å². The van der Waals surface area contributed by atoms with Gasteiger partial charge in [-0.2, -0.15) is 0 Å². The number of allylic oxidation sites excluding steroid dienone is 2. The van der Waals surface area contributed by atoms with Crippen molar-refractivity contribution in [1.29, 1.82) is 0 Å². The van der Waals surface area contributed by atoms with E-state index in [-0.39, 0.29) is 39.8 Å². The Balaban J connectivity index is 1.17. The topological polar surface area (TPSA) is 230 Å². The second-order valence-electron chi connectivity index (χ2n) is 20.3. The molecule has 310 valence electrons. The molecule has 0 aromatic carbocycles. The highest BCUT2D eigenvalue weighted by atomic mass is 16.8. The molecule has 14 heteroatoms. The Bertz CT molecular complexity index is 1610. The van der Waals surface area contributed by atoms with Crippen LogP contribution in [0.1, 0.15) is 106 Å². The molecule has 7 aliphatic rings. The predicted octanol–water partition coefficient (Wildman–Crippen LogP) is 2.79. The molecule has 5 aliphatic carbocycles. The first-order valence-electron chi connectivity index (χ1n) is 20.1. The monoisotopic (exact) mass is 778 g/mol. The number of ketones is 1. The summed E-state index contributed by atoms with van der Waals surface area (Å²) in [7, 11) is 0. The lowest BCUT2D eigenvalue weighted by molar-refractivity contribution is -0.349. The maximum Gasteiger partial charge on any atom is 0.335 e. The maximum absolute atomic E-state index is 14.8. The van der Waals surface area contributed by atoms with Crippen LogP contribution in [0.4, 0.5) is 0 Å². The molecule has 2 aliphatic heterocycles. The Morgan fingerprint density at radius 1 is 0.873 bits per heavy atom. The van der Waals surface area contributed by atoms with E-state index in [0.717, 1.165) is 37.7 Å². The summed E-state index contributed by atoms with van der Waals surface area (Å²) < 4.78 is 23.7. The number of carbonyl (C=O) groups is 3. The van der Waals surface area contributed by atoms with E-state index in [0.29, 0.717) is 25.7 Å². The van der Waals surface area contributed by atoms with Crippen LogP contribution in [0, 0.1) is 50.2 Å². The first kappa shape index (κ1) is 41.2. The van der Waals surface area contributed by atoms with Gasteiger partial charge in [-0.05, 0) is 110 Å². The average molecular weight is 779 g/mol. The number of hydrogen-bond acceptors (Lipinski definition) is 12. The number of ether oxygens (including phenoxy) is 4. The summed E-state index contributed by atoms with van der Waals surface area (Å²) in [4.78, 5) is 39.4. The molecule has 7 rings (SSSR count). The quantitative estimate of drug-likeness (QED) is 0.185. The van der Waals surface area contributed by atoms with Crippen LogP contribution in [0.15, 0.2) is 11.6 Å². The number of rotatable bonds is 7. The van der Waals surface area contributed by atoms with Crippen molar-refractivity contribution in [1.82, 2.24) is 0 Å². The third-order valence-electron chi connectivity index (χ3n) is 17.0. The third kappa shape index (κ3) is 5.85. The molecule has 7 N–H and O–H groups in total. The zero-order chi connectivity index (χ0) is 40.5. The van der Waals surface area contributed by atoms with Crippen LogP contribution in [0.2, 0.25) is 0 Å². The van der Waals surface area contributed by atoms with E-state index in [1.165, 1.54) is 0 Å². The van der Waals surface area contributed by atoms with Crippen molar-refractivity contribution in [3.63, 3.8) is 0 Å². The highest BCUT2D eigenvalue weighted by molar-refractivity contribution is 5.95. The Labute approximate surface area is 322 Å². The van der Waals surface area contributed by atoms with E-state index >= 15 is 0 Å². The van der Waals surface area contributed by atoms with Crippen molar-refractivity contribution >= 4 is 17.7 Å². The minimum Gasteiger partial charge on any atom is -0.481 e. The van der Waals surface area contributed by atoms with Gasteiger partial charge in [0.2, 0.25) is 0 Å². The van der Waals surface area contributed by atoms with Crippen LogP contribution in [0.5, 0.6) is 0 Å². The minimum atomic E-state index is -2.04. The molecule has 0 amide bonds. The lowest BCUT2D eigenvalue weighted by Gasteiger charge is -2.70. The molecular formula is C41H62O14. The smallest absolute Gasteiger partial charge is 0.335 e. The van der Waals surface area contributed by atoms with Gasteiger partial charge in [-0.15, -0.1) is 0 Å². The Morgan fingerprint density at radius 2 is 1.55 bits per heavy atom. The molecule has 0 radical (unpaired) electrons. The lowest BCUT2D eigenvalue weighted by Crippen LogP contribution is -2.67. The highest BCUT2D eigenvalue weighted by Gasteiger charge is 2.71.